The van der Waals surface area contributed by atoms with Crippen LogP contribution in [0.15, 0.2) is 28.7 Å². The second-order valence-electron chi connectivity index (χ2n) is 3.98. The molecule has 0 saturated heterocycles. The first-order valence-electron chi connectivity index (χ1n) is 5.14. The second-order valence-corrected chi connectivity index (χ2v) is 4.83. The average Bonchev–Trinajstić information content (AvgIpc) is 2.29. The summed E-state index contributed by atoms with van der Waals surface area (Å²) >= 11 is 3.08. The Morgan fingerprint density at radius 2 is 1.22 bits per heavy atom. The van der Waals surface area contributed by atoms with Gasteiger partial charge in [-0.25, -0.2) is 0 Å². The molecule has 2 aromatic rings. The molecular formula is C13H11BrO4. The first kappa shape index (κ1) is 12.6. The third kappa shape index (κ3) is 2.09. The summed E-state index contributed by atoms with van der Waals surface area (Å²) in [6.45, 7) is 1.65. The highest BCUT2D eigenvalue weighted by atomic mass is 79.9. The molecule has 4 nitrogen and oxygen atoms in total. The minimum absolute atomic E-state index is 0.00427. The smallest absolute Gasteiger partial charge is 0.130 e. The maximum absolute atomic E-state index is 9.84. The van der Waals surface area contributed by atoms with Gasteiger partial charge in [-0.05, 0) is 52.7 Å². The van der Waals surface area contributed by atoms with Crippen LogP contribution in [0.25, 0.3) is 11.1 Å². The summed E-state index contributed by atoms with van der Waals surface area (Å²) < 4.78 is 0.347. The summed E-state index contributed by atoms with van der Waals surface area (Å²) in [5.74, 6) is -0.257. The molecule has 18 heavy (non-hydrogen) atoms. The number of aromatic hydroxyl groups is 4. The Labute approximate surface area is 112 Å². The van der Waals surface area contributed by atoms with Gasteiger partial charge in [0.25, 0.3) is 0 Å². The van der Waals surface area contributed by atoms with E-state index in [0.717, 1.165) is 0 Å². The van der Waals surface area contributed by atoms with Crippen LogP contribution >= 0.6 is 15.9 Å². The zero-order valence-corrected chi connectivity index (χ0v) is 11.1. The zero-order valence-electron chi connectivity index (χ0n) is 9.48. The molecule has 94 valence electrons. The van der Waals surface area contributed by atoms with Gasteiger partial charge < -0.3 is 20.4 Å². The number of aryl methyl sites for hydroxylation is 1. The highest BCUT2D eigenvalue weighted by molar-refractivity contribution is 9.10. The molecule has 0 unspecified atom stereocenters. The van der Waals surface area contributed by atoms with Crippen LogP contribution in [0.4, 0.5) is 0 Å². The van der Waals surface area contributed by atoms with E-state index in [1.165, 1.54) is 24.3 Å². The van der Waals surface area contributed by atoms with Crippen molar-refractivity contribution < 1.29 is 20.4 Å². The minimum atomic E-state index is -0.113. The molecule has 0 fully saturated rings. The molecule has 0 heterocycles. The predicted octanol–water partition coefficient (Wildman–Crippen LogP) is 3.25. The van der Waals surface area contributed by atoms with E-state index in [4.69, 9.17) is 0 Å². The Bertz CT molecular complexity index is 567. The van der Waals surface area contributed by atoms with Crippen molar-refractivity contribution in [2.75, 3.05) is 0 Å². The average molecular weight is 311 g/mol. The number of benzene rings is 2. The fraction of sp³-hybridized carbons (Fsp3) is 0.0769. The van der Waals surface area contributed by atoms with Crippen LogP contribution < -0.4 is 0 Å². The van der Waals surface area contributed by atoms with Gasteiger partial charge >= 0.3 is 0 Å². The van der Waals surface area contributed by atoms with Crippen molar-refractivity contribution in [3.05, 3.63) is 34.3 Å². The summed E-state index contributed by atoms with van der Waals surface area (Å²) in [4.78, 5) is 0. The van der Waals surface area contributed by atoms with Crippen molar-refractivity contribution >= 4 is 15.9 Å². The second kappa shape index (κ2) is 4.42. The molecular weight excluding hydrogens is 300 g/mol. The molecule has 0 aliphatic rings. The molecule has 0 amide bonds. The van der Waals surface area contributed by atoms with Crippen LogP contribution in [-0.2, 0) is 0 Å². The van der Waals surface area contributed by atoms with E-state index in [1.54, 1.807) is 6.92 Å². The lowest BCUT2D eigenvalue weighted by Gasteiger charge is -2.10. The fourth-order valence-electron chi connectivity index (χ4n) is 1.66. The van der Waals surface area contributed by atoms with Crippen LogP contribution in [-0.4, -0.2) is 20.4 Å². The van der Waals surface area contributed by atoms with Gasteiger partial charge in [0.15, 0.2) is 0 Å². The Hall–Kier alpha value is -1.88. The summed E-state index contributed by atoms with van der Waals surface area (Å²) in [6.07, 6.45) is 0. The van der Waals surface area contributed by atoms with Gasteiger partial charge in [0, 0.05) is 11.1 Å². The highest BCUT2D eigenvalue weighted by Gasteiger charge is 2.14. The maximum Gasteiger partial charge on any atom is 0.130 e. The van der Waals surface area contributed by atoms with Crippen molar-refractivity contribution in [3.63, 3.8) is 0 Å². The summed E-state index contributed by atoms with van der Waals surface area (Å²) in [5.41, 5.74) is 1.01. The molecule has 0 aromatic heterocycles. The van der Waals surface area contributed by atoms with Crippen LogP contribution in [0.1, 0.15) is 5.56 Å². The monoisotopic (exact) mass is 310 g/mol. The summed E-state index contributed by atoms with van der Waals surface area (Å²) in [6, 6.07) is 5.36. The van der Waals surface area contributed by atoms with Gasteiger partial charge in [0.05, 0.1) is 4.47 Å². The van der Waals surface area contributed by atoms with E-state index in [9.17, 15) is 20.4 Å². The quantitative estimate of drug-likeness (QED) is 0.610. The van der Waals surface area contributed by atoms with E-state index in [2.05, 4.69) is 15.9 Å². The van der Waals surface area contributed by atoms with Crippen molar-refractivity contribution in [1.29, 1.82) is 0 Å². The summed E-state index contributed by atoms with van der Waals surface area (Å²) in [5, 5.41) is 38.9. The fourth-order valence-corrected chi connectivity index (χ4v) is 2.00. The molecule has 0 spiro atoms. The summed E-state index contributed by atoms with van der Waals surface area (Å²) in [7, 11) is 0. The SMILES string of the molecule is Cc1cc(O)c(-c2cc(O)c(Br)cc2O)cc1O. The number of phenolic OH excluding ortho intramolecular Hbond substituents is 4. The first-order valence-corrected chi connectivity index (χ1v) is 5.94. The van der Waals surface area contributed by atoms with E-state index >= 15 is 0 Å². The van der Waals surface area contributed by atoms with Gasteiger partial charge in [0.2, 0.25) is 0 Å². The van der Waals surface area contributed by atoms with Crippen molar-refractivity contribution in [2.45, 2.75) is 6.92 Å². The molecule has 2 aromatic carbocycles. The molecule has 5 heteroatoms. The number of halogens is 1. The predicted molar refractivity (Wildman–Crippen MR) is 71.0 cm³/mol. The third-order valence-electron chi connectivity index (χ3n) is 2.67. The van der Waals surface area contributed by atoms with Gasteiger partial charge in [0.1, 0.15) is 23.0 Å². The number of rotatable bonds is 1. The lowest BCUT2D eigenvalue weighted by Crippen LogP contribution is -1.84. The molecule has 2 rings (SSSR count). The van der Waals surface area contributed by atoms with E-state index < -0.39 is 0 Å². The van der Waals surface area contributed by atoms with Crippen LogP contribution in [0.3, 0.4) is 0 Å². The molecule has 0 atom stereocenters. The van der Waals surface area contributed by atoms with Crippen molar-refractivity contribution in [2.24, 2.45) is 0 Å². The lowest BCUT2D eigenvalue weighted by molar-refractivity contribution is 0.452. The number of hydrogen-bond donors (Lipinski definition) is 4. The maximum atomic E-state index is 9.84. The van der Waals surface area contributed by atoms with E-state index in [0.29, 0.717) is 10.0 Å². The van der Waals surface area contributed by atoms with Crippen molar-refractivity contribution in [1.82, 2.24) is 0 Å². The minimum Gasteiger partial charge on any atom is -0.508 e. The molecule has 4 N–H and O–H groups in total. The Morgan fingerprint density at radius 3 is 1.83 bits per heavy atom. The molecule has 0 radical (unpaired) electrons. The highest BCUT2D eigenvalue weighted by Crippen LogP contribution is 2.42. The Morgan fingerprint density at radius 1 is 0.722 bits per heavy atom. The zero-order chi connectivity index (χ0) is 13.4. The van der Waals surface area contributed by atoms with Crippen molar-refractivity contribution in [3.8, 4) is 34.1 Å². The third-order valence-corrected chi connectivity index (χ3v) is 3.30. The number of phenols is 4. The molecule has 0 saturated carbocycles. The van der Waals surface area contributed by atoms with Gasteiger partial charge in [-0.2, -0.15) is 0 Å². The van der Waals surface area contributed by atoms with Gasteiger partial charge in [-0.1, -0.05) is 0 Å². The van der Waals surface area contributed by atoms with Crippen LogP contribution in [0.5, 0.6) is 23.0 Å². The molecule has 0 aliphatic heterocycles. The van der Waals surface area contributed by atoms with E-state index in [1.807, 2.05) is 0 Å². The Balaban J connectivity index is 2.69. The Kier molecular flexibility index (Phi) is 3.09. The largest absolute Gasteiger partial charge is 0.508 e. The molecule has 0 bridgehead atoms. The molecule has 0 aliphatic carbocycles. The van der Waals surface area contributed by atoms with Crippen LogP contribution in [0.2, 0.25) is 0 Å². The van der Waals surface area contributed by atoms with Gasteiger partial charge in [-0.15, -0.1) is 0 Å². The standard InChI is InChI=1S/C13H11BrO4/c1-6-2-11(16)7(3-10(6)15)8-4-13(18)9(14)5-12(8)17/h2-5,15-18H,1H3. The number of hydrogen-bond acceptors (Lipinski definition) is 4. The van der Waals surface area contributed by atoms with E-state index in [-0.39, 0.29) is 34.1 Å². The van der Waals surface area contributed by atoms with Gasteiger partial charge in [-0.3, -0.25) is 0 Å². The topological polar surface area (TPSA) is 80.9 Å². The lowest BCUT2D eigenvalue weighted by atomic mass is 10.0. The van der Waals surface area contributed by atoms with Crippen LogP contribution in [0, 0.1) is 6.92 Å². The normalized spacial score (nSPS) is 10.6. The first-order chi connectivity index (χ1) is 8.40.